The summed E-state index contributed by atoms with van der Waals surface area (Å²) in [6.07, 6.45) is 1.07. The van der Waals surface area contributed by atoms with Gasteiger partial charge in [-0.15, -0.1) is 0 Å². The second-order valence-electron chi connectivity index (χ2n) is 4.73. The Bertz CT molecular complexity index is 478. The highest BCUT2D eigenvalue weighted by atomic mass is 16.3. The predicted molar refractivity (Wildman–Crippen MR) is 78.7 cm³/mol. The average molecular weight is 255 g/mol. The molecule has 0 radical (unpaired) electrons. The fraction of sp³-hybridized carbons (Fsp3) is 0.294. The summed E-state index contributed by atoms with van der Waals surface area (Å²) in [7, 11) is 0. The molecule has 0 aliphatic carbocycles. The van der Waals surface area contributed by atoms with E-state index in [1.54, 1.807) is 0 Å². The number of rotatable bonds is 6. The standard InChI is InChI=1S/C17H21NO/c1-2-17(16-6-4-3-5-7-16)18-12-14-8-10-15(13-19)11-9-14/h3-11,17-19H,2,12-13H2,1H3. The third-order valence-electron chi connectivity index (χ3n) is 3.37. The van der Waals surface area contributed by atoms with E-state index in [0.717, 1.165) is 18.5 Å². The van der Waals surface area contributed by atoms with Gasteiger partial charge in [0.1, 0.15) is 0 Å². The topological polar surface area (TPSA) is 32.3 Å². The molecule has 2 nitrogen and oxygen atoms in total. The maximum Gasteiger partial charge on any atom is 0.0681 e. The van der Waals surface area contributed by atoms with Gasteiger partial charge in [0.05, 0.1) is 6.61 Å². The molecule has 2 heteroatoms. The van der Waals surface area contributed by atoms with Gasteiger partial charge in [-0.2, -0.15) is 0 Å². The van der Waals surface area contributed by atoms with Crippen LogP contribution in [-0.4, -0.2) is 5.11 Å². The van der Waals surface area contributed by atoms with E-state index in [2.05, 4.69) is 48.6 Å². The van der Waals surface area contributed by atoms with Crippen molar-refractivity contribution in [3.63, 3.8) is 0 Å². The van der Waals surface area contributed by atoms with E-state index in [1.165, 1.54) is 11.1 Å². The zero-order valence-corrected chi connectivity index (χ0v) is 11.3. The van der Waals surface area contributed by atoms with Crippen LogP contribution in [-0.2, 0) is 13.2 Å². The molecule has 1 unspecified atom stereocenters. The van der Waals surface area contributed by atoms with Gasteiger partial charge >= 0.3 is 0 Å². The molecule has 19 heavy (non-hydrogen) atoms. The number of aliphatic hydroxyl groups excluding tert-OH is 1. The summed E-state index contributed by atoms with van der Waals surface area (Å²) < 4.78 is 0. The van der Waals surface area contributed by atoms with Gasteiger partial charge in [0.2, 0.25) is 0 Å². The second-order valence-corrected chi connectivity index (χ2v) is 4.73. The van der Waals surface area contributed by atoms with Gasteiger partial charge < -0.3 is 10.4 Å². The summed E-state index contributed by atoms with van der Waals surface area (Å²) in [5.74, 6) is 0. The smallest absolute Gasteiger partial charge is 0.0681 e. The molecule has 2 aromatic rings. The molecule has 2 aromatic carbocycles. The summed E-state index contributed by atoms with van der Waals surface area (Å²) in [5.41, 5.74) is 3.53. The van der Waals surface area contributed by atoms with Crippen molar-refractivity contribution < 1.29 is 5.11 Å². The predicted octanol–water partition coefficient (Wildman–Crippen LogP) is 3.42. The Morgan fingerprint density at radius 3 is 2.16 bits per heavy atom. The van der Waals surface area contributed by atoms with E-state index in [-0.39, 0.29) is 6.61 Å². The zero-order chi connectivity index (χ0) is 13.5. The van der Waals surface area contributed by atoms with Crippen molar-refractivity contribution in [2.24, 2.45) is 0 Å². The summed E-state index contributed by atoms with van der Waals surface area (Å²) in [6, 6.07) is 19.0. The third kappa shape index (κ3) is 3.91. The number of nitrogens with one attached hydrogen (secondary N) is 1. The van der Waals surface area contributed by atoms with E-state index in [4.69, 9.17) is 5.11 Å². The molecule has 100 valence electrons. The van der Waals surface area contributed by atoms with E-state index in [0.29, 0.717) is 6.04 Å². The first-order chi connectivity index (χ1) is 9.33. The first-order valence-corrected chi connectivity index (χ1v) is 6.80. The largest absolute Gasteiger partial charge is 0.392 e. The lowest BCUT2D eigenvalue weighted by Crippen LogP contribution is -2.20. The van der Waals surface area contributed by atoms with Crippen LogP contribution in [0, 0.1) is 0 Å². The third-order valence-corrected chi connectivity index (χ3v) is 3.37. The molecule has 1 atom stereocenters. The lowest BCUT2D eigenvalue weighted by molar-refractivity contribution is 0.282. The van der Waals surface area contributed by atoms with Crippen LogP contribution in [0.4, 0.5) is 0 Å². The van der Waals surface area contributed by atoms with Gasteiger partial charge in [0.15, 0.2) is 0 Å². The van der Waals surface area contributed by atoms with Crippen molar-refractivity contribution in [3.05, 3.63) is 71.3 Å². The van der Waals surface area contributed by atoms with Gasteiger partial charge in [-0.05, 0) is 23.1 Å². The van der Waals surface area contributed by atoms with E-state index < -0.39 is 0 Å². The normalized spacial score (nSPS) is 12.3. The minimum atomic E-state index is 0.106. The molecule has 0 amide bonds. The average Bonchev–Trinajstić information content (AvgIpc) is 2.49. The van der Waals surface area contributed by atoms with Crippen LogP contribution in [0.25, 0.3) is 0 Å². The highest BCUT2D eigenvalue weighted by Gasteiger charge is 2.07. The second kappa shape index (κ2) is 7.07. The lowest BCUT2D eigenvalue weighted by atomic mass is 10.0. The minimum absolute atomic E-state index is 0.106. The Morgan fingerprint density at radius 2 is 1.58 bits per heavy atom. The van der Waals surface area contributed by atoms with E-state index in [9.17, 15) is 0 Å². The SMILES string of the molecule is CCC(NCc1ccc(CO)cc1)c1ccccc1. The molecule has 0 saturated carbocycles. The van der Waals surface area contributed by atoms with Crippen LogP contribution < -0.4 is 5.32 Å². The lowest BCUT2D eigenvalue weighted by Gasteiger charge is -2.17. The molecule has 0 heterocycles. The molecule has 0 aliphatic heterocycles. The quantitative estimate of drug-likeness (QED) is 0.829. The summed E-state index contributed by atoms with van der Waals surface area (Å²) in [5, 5.41) is 12.6. The fourth-order valence-electron chi connectivity index (χ4n) is 2.19. The van der Waals surface area contributed by atoms with Gasteiger partial charge in [0.25, 0.3) is 0 Å². The molecule has 0 fully saturated rings. The fourth-order valence-corrected chi connectivity index (χ4v) is 2.19. The van der Waals surface area contributed by atoms with Crippen LogP contribution >= 0.6 is 0 Å². The number of aliphatic hydroxyl groups is 1. The number of benzene rings is 2. The number of hydrogen-bond donors (Lipinski definition) is 2. The van der Waals surface area contributed by atoms with Crippen molar-refractivity contribution >= 4 is 0 Å². The first kappa shape index (κ1) is 13.8. The molecule has 0 spiro atoms. The highest BCUT2D eigenvalue weighted by Crippen LogP contribution is 2.16. The summed E-state index contributed by atoms with van der Waals surface area (Å²) in [4.78, 5) is 0. The Kier molecular flexibility index (Phi) is 5.13. The molecule has 2 N–H and O–H groups in total. The molecule has 0 aliphatic rings. The molecule has 0 saturated heterocycles. The first-order valence-electron chi connectivity index (χ1n) is 6.80. The molecule has 0 bridgehead atoms. The Morgan fingerprint density at radius 1 is 0.947 bits per heavy atom. The monoisotopic (exact) mass is 255 g/mol. The van der Waals surface area contributed by atoms with Crippen LogP contribution in [0.3, 0.4) is 0 Å². The Labute approximate surface area is 115 Å². The Hall–Kier alpha value is -1.64. The summed E-state index contributed by atoms with van der Waals surface area (Å²) in [6.45, 7) is 3.15. The number of hydrogen-bond acceptors (Lipinski definition) is 2. The van der Waals surface area contributed by atoms with E-state index >= 15 is 0 Å². The van der Waals surface area contributed by atoms with Gasteiger partial charge in [-0.25, -0.2) is 0 Å². The molecular formula is C17H21NO. The van der Waals surface area contributed by atoms with Gasteiger partial charge in [-0.3, -0.25) is 0 Å². The van der Waals surface area contributed by atoms with Crippen molar-refractivity contribution in [2.45, 2.75) is 32.5 Å². The molecule has 0 aromatic heterocycles. The van der Waals surface area contributed by atoms with Crippen LogP contribution in [0.1, 0.15) is 36.1 Å². The molecule has 2 rings (SSSR count). The van der Waals surface area contributed by atoms with Crippen LogP contribution in [0.15, 0.2) is 54.6 Å². The van der Waals surface area contributed by atoms with Crippen molar-refractivity contribution in [3.8, 4) is 0 Å². The van der Waals surface area contributed by atoms with Crippen molar-refractivity contribution in [1.29, 1.82) is 0 Å². The highest BCUT2D eigenvalue weighted by molar-refractivity contribution is 5.23. The van der Waals surface area contributed by atoms with Crippen LogP contribution in [0.5, 0.6) is 0 Å². The molecular weight excluding hydrogens is 234 g/mol. The van der Waals surface area contributed by atoms with E-state index in [1.807, 2.05) is 18.2 Å². The minimum Gasteiger partial charge on any atom is -0.392 e. The van der Waals surface area contributed by atoms with Crippen LogP contribution in [0.2, 0.25) is 0 Å². The van der Waals surface area contributed by atoms with Crippen molar-refractivity contribution in [1.82, 2.24) is 5.32 Å². The van der Waals surface area contributed by atoms with Gasteiger partial charge in [-0.1, -0.05) is 61.5 Å². The van der Waals surface area contributed by atoms with Crippen molar-refractivity contribution in [2.75, 3.05) is 0 Å². The maximum atomic E-state index is 9.02. The van der Waals surface area contributed by atoms with Gasteiger partial charge in [0, 0.05) is 12.6 Å². The Balaban J connectivity index is 1.96. The summed E-state index contributed by atoms with van der Waals surface area (Å²) >= 11 is 0. The zero-order valence-electron chi connectivity index (χ0n) is 11.3. The maximum absolute atomic E-state index is 9.02.